The highest BCUT2D eigenvalue weighted by Gasteiger charge is 2.20. The third-order valence-corrected chi connectivity index (χ3v) is 8.55. The van der Waals surface area contributed by atoms with Crippen molar-refractivity contribution in [2.24, 2.45) is 0 Å². The maximum atomic E-state index is 8.78. The molecule has 0 bridgehead atoms. The number of hydrogen-bond acceptors (Lipinski definition) is 3. The summed E-state index contributed by atoms with van der Waals surface area (Å²) in [6.45, 7) is 0. The number of para-hydroxylation sites is 1. The Kier molecular flexibility index (Phi) is 5.28. The second-order valence-electron chi connectivity index (χ2n) is 11.3. The number of nitrogens with zero attached hydrogens (tertiary/aromatic N) is 4. The predicted octanol–water partition coefficient (Wildman–Crippen LogP) is 10.8. The van der Waals surface area contributed by atoms with Crippen LogP contribution in [0.5, 0.6) is 0 Å². The van der Waals surface area contributed by atoms with Crippen LogP contribution in [0.15, 0.2) is 170 Å². The first-order valence-electron chi connectivity index (χ1n) is 17.9. The van der Waals surface area contributed by atoms with Crippen molar-refractivity contribution in [1.29, 1.82) is 0 Å². The normalized spacial score (nSPS) is 12.9. The lowest BCUT2D eigenvalue weighted by Gasteiger charge is -2.15. The predicted molar refractivity (Wildman–Crippen MR) is 193 cm³/mol. The van der Waals surface area contributed by atoms with Crippen LogP contribution in [0.1, 0.15) is 6.85 Å². The molecule has 0 aliphatic carbocycles. The van der Waals surface area contributed by atoms with Gasteiger partial charge in [0.25, 0.3) is 0 Å². The van der Waals surface area contributed by atoms with E-state index in [1.54, 1.807) is 0 Å². The van der Waals surface area contributed by atoms with Crippen LogP contribution in [-0.4, -0.2) is 19.5 Å². The molecule has 0 fully saturated rings. The van der Waals surface area contributed by atoms with E-state index in [4.69, 9.17) is 21.8 Å². The minimum absolute atomic E-state index is 0.179. The molecule has 7 aromatic carbocycles. The number of rotatable bonds is 5. The zero-order chi connectivity index (χ0) is 35.5. The molecule has 0 aliphatic rings. The molecular weight excluding hydrogens is 573 g/mol. The smallest absolute Gasteiger partial charge is 0.164 e. The molecule has 4 heteroatoms. The second-order valence-corrected chi connectivity index (χ2v) is 11.3. The molecule has 0 amide bonds. The second kappa shape index (κ2) is 11.2. The summed E-state index contributed by atoms with van der Waals surface area (Å²) in [6, 6.07) is 44.3. The van der Waals surface area contributed by atoms with Gasteiger partial charge in [-0.3, -0.25) is 0 Å². The van der Waals surface area contributed by atoms with Crippen molar-refractivity contribution in [2.75, 3.05) is 0 Å². The Morgan fingerprint density at radius 3 is 1.68 bits per heavy atom. The number of aromatic nitrogens is 4. The molecule has 0 saturated carbocycles. The van der Waals surface area contributed by atoms with Gasteiger partial charge in [-0.05, 0) is 40.8 Å². The van der Waals surface area contributed by atoms with Gasteiger partial charge in [-0.15, -0.1) is 0 Å². The molecule has 2 aromatic heterocycles. The first-order valence-corrected chi connectivity index (χ1v) is 15.4. The Labute approximate surface area is 279 Å². The molecule has 9 rings (SSSR count). The molecule has 0 spiro atoms. The third-order valence-electron chi connectivity index (χ3n) is 8.55. The van der Waals surface area contributed by atoms with E-state index in [1.807, 2.05) is 115 Å². The lowest BCUT2D eigenvalue weighted by Crippen LogP contribution is -2.01. The number of fused-ring (bicyclic) bond motifs is 4. The quantitative estimate of drug-likeness (QED) is 0.196. The fourth-order valence-corrected chi connectivity index (χ4v) is 6.47. The Balaban J connectivity index is 1.31. The summed E-state index contributed by atoms with van der Waals surface area (Å²) in [5, 5.41) is 3.64. The highest BCUT2D eigenvalue weighted by molar-refractivity contribution is 6.16. The van der Waals surface area contributed by atoms with Crippen molar-refractivity contribution >= 4 is 32.6 Å². The van der Waals surface area contributed by atoms with E-state index in [2.05, 4.69) is 28.8 Å². The monoisotopic (exact) mass is 605 g/mol. The average Bonchev–Trinajstić information content (AvgIpc) is 3.54. The Bertz CT molecular complexity index is 2770. The molecule has 0 unspecified atom stereocenters. The van der Waals surface area contributed by atoms with E-state index in [9.17, 15) is 0 Å². The van der Waals surface area contributed by atoms with E-state index >= 15 is 0 Å². The van der Waals surface area contributed by atoms with Crippen LogP contribution in [0.4, 0.5) is 0 Å². The van der Waals surface area contributed by atoms with Gasteiger partial charge in [0.15, 0.2) is 17.5 Å². The average molecular weight is 606 g/mol. The SMILES string of the molecule is [2H]c1c([2H])c([2H])c(-c2cccc3c2c2ccccc2n3-c2ccc(-c3nc(-c4ccccc4)nc(-c4ccccc4)n3)c3ccccc23)c([2H])c1[2H]. The summed E-state index contributed by atoms with van der Waals surface area (Å²) in [6.07, 6.45) is 0. The van der Waals surface area contributed by atoms with Crippen LogP contribution in [-0.2, 0) is 0 Å². The molecule has 9 aromatic rings. The third kappa shape index (κ3) is 4.58. The summed E-state index contributed by atoms with van der Waals surface area (Å²) in [4.78, 5) is 14.9. The standard InChI is InChI=1S/C43H28N4/c1-4-15-29(16-5-1)32-24-14-26-39-40(32)36-23-12-13-25-37(36)47(39)38-28-27-35(33-21-10-11-22-34(33)38)43-45-41(30-17-6-2-7-18-30)44-42(46-43)31-19-8-3-9-20-31/h1-28H/i1D,4D,5D,15D,16D. The van der Waals surface area contributed by atoms with Gasteiger partial charge in [0.05, 0.1) is 23.6 Å². The lowest BCUT2D eigenvalue weighted by molar-refractivity contribution is 1.08. The fraction of sp³-hybridized carbons (Fsp3) is 0. The van der Waals surface area contributed by atoms with Gasteiger partial charge in [0.2, 0.25) is 0 Å². The minimum atomic E-state index is -0.412. The largest absolute Gasteiger partial charge is 0.309 e. The Hall–Kier alpha value is -6.39. The maximum Gasteiger partial charge on any atom is 0.164 e. The van der Waals surface area contributed by atoms with Gasteiger partial charge in [-0.2, -0.15) is 0 Å². The first-order chi connectivity index (χ1) is 25.4. The molecule has 0 N–H and O–H groups in total. The van der Waals surface area contributed by atoms with Gasteiger partial charge in [0.1, 0.15) is 0 Å². The summed E-state index contributed by atoms with van der Waals surface area (Å²) in [5.74, 6) is 1.72. The van der Waals surface area contributed by atoms with Crippen LogP contribution < -0.4 is 0 Å². The van der Waals surface area contributed by atoms with Crippen molar-refractivity contribution in [3.05, 3.63) is 170 Å². The van der Waals surface area contributed by atoms with E-state index in [0.717, 1.165) is 55.0 Å². The molecule has 0 atom stereocenters. The van der Waals surface area contributed by atoms with Crippen LogP contribution in [0, 0.1) is 0 Å². The Morgan fingerprint density at radius 1 is 0.404 bits per heavy atom. The van der Waals surface area contributed by atoms with Gasteiger partial charge < -0.3 is 4.57 Å². The van der Waals surface area contributed by atoms with Gasteiger partial charge in [-0.1, -0.05) is 145 Å². The molecular formula is C43H28N4. The van der Waals surface area contributed by atoms with Crippen molar-refractivity contribution in [3.63, 3.8) is 0 Å². The highest BCUT2D eigenvalue weighted by Crippen LogP contribution is 2.41. The number of hydrogen-bond donors (Lipinski definition) is 0. The summed E-state index contributed by atoms with van der Waals surface area (Å²) in [5.41, 5.74) is 6.10. The van der Waals surface area contributed by atoms with E-state index in [1.165, 1.54) is 0 Å². The Morgan fingerprint density at radius 2 is 0.979 bits per heavy atom. The van der Waals surface area contributed by atoms with Crippen molar-refractivity contribution in [2.45, 2.75) is 0 Å². The molecule has 4 nitrogen and oxygen atoms in total. The zero-order valence-electron chi connectivity index (χ0n) is 30.1. The molecule has 47 heavy (non-hydrogen) atoms. The van der Waals surface area contributed by atoms with Crippen molar-refractivity contribution < 1.29 is 6.85 Å². The van der Waals surface area contributed by atoms with Gasteiger partial charge in [0, 0.05) is 32.8 Å². The van der Waals surface area contributed by atoms with Crippen molar-refractivity contribution in [3.8, 4) is 51.0 Å². The van der Waals surface area contributed by atoms with Crippen LogP contribution in [0.3, 0.4) is 0 Å². The molecule has 0 aliphatic heterocycles. The lowest BCUT2D eigenvalue weighted by atomic mass is 9.99. The maximum absolute atomic E-state index is 8.78. The minimum Gasteiger partial charge on any atom is -0.309 e. The van der Waals surface area contributed by atoms with Crippen LogP contribution in [0.25, 0.3) is 83.6 Å². The number of benzene rings is 7. The van der Waals surface area contributed by atoms with Gasteiger partial charge >= 0.3 is 0 Å². The van der Waals surface area contributed by atoms with Crippen LogP contribution in [0.2, 0.25) is 0 Å². The van der Waals surface area contributed by atoms with Crippen molar-refractivity contribution in [1.82, 2.24) is 19.5 Å². The first kappa shape index (κ1) is 22.2. The topological polar surface area (TPSA) is 43.6 Å². The van der Waals surface area contributed by atoms with E-state index < -0.39 is 6.04 Å². The van der Waals surface area contributed by atoms with Gasteiger partial charge in [-0.25, -0.2) is 15.0 Å². The van der Waals surface area contributed by atoms with E-state index in [-0.39, 0.29) is 29.7 Å². The molecule has 2 heterocycles. The summed E-state index contributed by atoms with van der Waals surface area (Å²) in [7, 11) is 0. The molecule has 0 saturated heterocycles. The highest BCUT2D eigenvalue weighted by atomic mass is 15.0. The molecule has 220 valence electrons. The zero-order valence-corrected chi connectivity index (χ0v) is 25.1. The fourth-order valence-electron chi connectivity index (χ4n) is 6.47. The summed E-state index contributed by atoms with van der Waals surface area (Å²) >= 11 is 0. The molecule has 0 radical (unpaired) electrons. The van der Waals surface area contributed by atoms with E-state index in [0.29, 0.717) is 23.0 Å². The van der Waals surface area contributed by atoms with Crippen LogP contribution >= 0.6 is 0 Å². The summed E-state index contributed by atoms with van der Waals surface area (Å²) < 4.78 is 44.7.